The molecule has 7 heteroatoms. The molecular formula is C25H21FN2O4. The number of anilines is 2. The summed E-state index contributed by atoms with van der Waals surface area (Å²) in [5.41, 5.74) is 1.68. The fourth-order valence-electron chi connectivity index (χ4n) is 3.49. The number of benzene rings is 3. The molecule has 4 rings (SSSR count). The number of carbonyl (C=O) groups excluding carboxylic acids is 2. The summed E-state index contributed by atoms with van der Waals surface area (Å²) in [5.74, 6) is -0.373. The van der Waals surface area contributed by atoms with Crippen LogP contribution in [-0.4, -0.2) is 25.5 Å². The largest absolute Gasteiger partial charge is 0.497 e. The Morgan fingerprint density at radius 1 is 0.906 bits per heavy atom. The van der Waals surface area contributed by atoms with Gasteiger partial charge >= 0.3 is 0 Å². The summed E-state index contributed by atoms with van der Waals surface area (Å²) in [6.07, 6.45) is 0. The van der Waals surface area contributed by atoms with Crippen molar-refractivity contribution in [3.63, 3.8) is 0 Å². The Morgan fingerprint density at radius 3 is 2.25 bits per heavy atom. The summed E-state index contributed by atoms with van der Waals surface area (Å²) < 4.78 is 24.2. The van der Waals surface area contributed by atoms with E-state index in [1.165, 1.54) is 24.3 Å². The van der Waals surface area contributed by atoms with Crippen LogP contribution in [0.3, 0.4) is 0 Å². The van der Waals surface area contributed by atoms with Gasteiger partial charge in [-0.25, -0.2) is 9.29 Å². The van der Waals surface area contributed by atoms with E-state index >= 15 is 0 Å². The second kappa shape index (κ2) is 8.93. The number of rotatable bonds is 7. The van der Waals surface area contributed by atoms with Crippen molar-refractivity contribution in [2.75, 3.05) is 23.9 Å². The highest BCUT2D eigenvalue weighted by Crippen LogP contribution is 2.38. The standard InChI is InChI=1S/C25H21FN2O4/c1-3-32-21-7-5-4-6-20(21)28-24(29)22(16-8-14-19(31-2)15-9-16)23(25(28)30)27-18-12-10-17(26)11-13-18/h4-15,27H,3H2,1-2H3. The van der Waals surface area contributed by atoms with Crippen molar-refractivity contribution >= 4 is 28.8 Å². The number of hydrogen-bond acceptors (Lipinski definition) is 5. The monoisotopic (exact) mass is 432 g/mol. The first-order valence-corrected chi connectivity index (χ1v) is 10.1. The molecule has 1 N–H and O–H groups in total. The average molecular weight is 432 g/mol. The Hall–Kier alpha value is -4.13. The topological polar surface area (TPSA) is 67.9 Å². The minimum absolute atomic E-state index is 0.0954. The van der Waals surface area contributed by atoms with E-state index in [0.717, 1.165) is 4.90 Å². The van der Waals surface area contributed by atoms with Gasteiger partial charge in [0.25, 0.3) is 11.8 Å². The van der Waals surface area contributed by atoms with Crippen molar-refractivity contribution in [1.29, 1.82) is 0 Å². The Balaban J connectivity index is 1.81. The third-order valence-corrected chi connectivity index (χ3v) is 4.98. The van der Waals surface area contributed by atoms with Crippen LogP contribution in [0.15, 0.2) is 78.5 Å². The lowest BCUT2D eigenvalue weighted by atomic mass is 10.0. The molecule has 1 heterocycles. The number of amides is 2. The number of nitrogens with zero attached hydrogens (tertiary/aromatic N) is 1. The zero-order valence-electron chi connectivity index (χ0n) is 17.6. The molecule has 3 aromatic rings. The highest BCUT2D eigenvalue weighted by Gasteiger charge is 2.41. The average Bonchev–Trinajstić information content (AvgIpc) is 3.05. The van der Waals surface area contributed by atoms with Crippen LogP contribution in [0.4, 0.5) is 15.8 Å². The van der Waals surface area contributed by atoms with Crippen LogP contribution in [0, 0.1) is 5.82 Å². The number of methoxy groups -OCH3 is 1. The first kappa shape index (κ1) is 21.1. The van der Waals surface area contributed by atoms with Gasteiger partial charge in [0.15, 0.2) is 0 Å². The normalized spacial score (nSPS) is 13.5. The van der Waals surface area contributed by atoms with Gasteiger partial charge in [-0.05, 0) is 61.0 Å². The fourth-order valence-corrected chi connectivity index (χ4v) is 3.49. The Kier molecular flexibility index (Phi) is 5.89. The SMILES string of the molecule is CCOc1ccccc1N1C(=O)C(Nc2ccc(F)cc2)=C(c2ccc(OC)cc2)C1=O. The van der Waals surface area contributed by atoms with Gasteiger partial charge in [0.2, 0.25) is 0 Å². The minimum atomic E-state index is -0.530. The fraction of sp³-hybridized carbons (Fsp3) is 0.120. The van der Waals surface area contributed by atoms with Crippen LogP contribution >= 0.6 is 0 Å². The summed E-state index contributed by atoms with van der Waals surface area (Å²) in [7, 11) is 1.55. The molecule has 6 nitrogen and oxygen atoms in total. The third-order valence-electron chi connectivity index (χ3n) is 4.98. The molecule has 2 amide bonds. The van der Waals surface area contributed by atoms with E-state index in [0.29, 0.717) is 35.0 Å². The molecule has 1 aliphatic heterocycles. The maximum Gasteiger partial charge on any atom is 0.282 e. The highest BCUT2D eigenvalue weighted by molar-refractivity contribution is 6.46. The number of imide groups is 1. The molecule has 162 valence electrons. The summed E-state index contributed by atoms with van der Waals surface area (Å²) in [5, 5.41) is 3.01. The molecule has 0 bridgehead atoms. The molecule has 1 aliphatic rings. The van der Waals surface area contributed by atoms with Gasteiger partial charge in [-0.15, -0.1) is 0 Å². The molecule has 0 saturated heterocycles. The van der Waals surface area contributed by atoms with Gasteiger partial charge in [-0.2, -0.15) is 0 Å². The van der Waals surface area contributed by atoms with Crippen LogP contribution in [0.1, 0.15) is 12.5 Å². The van der Waals surface area contributed by atoms with E-state index in [1.807, 2.05) is 6.92 Å². The van der Waals surface area contributed by atoms with Gasteiger partial charge < -0.3 is 14.8 Å². The molecule has 0 aliphatic carbocycles. The first-order chi connectivity index (χ1) is 15.5. The lowest BCUT2D eigenvalue weighted by Gasteiger charge is -2.19. The van der Waals surface area contributed by atoms with Crippen molar-refractivity contribution in [3.8, 4) is 11.5 Å². The van der Waals surface area contributed by atoms with Crippen molar-refractivity contribution < 1.29 is 23.5 Å². The molecule has 3 aromatic carbocycles. The number of para-hydroxylation sites is 2. The maximum atomic E-state index is 13.5. The maximum absolute atomic E-state index is 13.5. The third kappa shape index (κ3) is 3.92. The predicted molar refractivity (Wildman–Crippen MR) is 120 cm³/mol. The second-order valence-corrected chi connectivity index (χ2v) is 6.96. The predicted octanol–water partition coefficient (Wildman–Crippen LogP) is 4.63. The summed E-state index contributed by atoms with van der Waals surface area (Å²) in [6.45, 7) is 2.21. The van der Waals surface area contributed by atoms with E-state index in [4.69, 9.17) is 9.47 Å². The molecule has 0 fully saturated rings. The number of ether oxygens (including phenoxy) is 2. The first-order valence-electron chi connectivity index (χ1n) is 10.1. The number of halogens is 1. The van der Waals surface area contributed by atoms with E-state index in [-0.39, 0.29) is 11.3 Å². The molecule has 32 heavy (non-hydrogen) atoms. The van der Waals surface area contributed by atoms with E-state index in [1.54, 1.807) is 55.6 Å². The molecule has 0 spiro atoms. The van der Waals surface area contributed by atoms with Gasteiger partial charge in [-0.1, -0.05) is 24.3 Å². The number of hydrogen-bond donors (Lipinski definition) is 1. The van der Waals surface area contributed by atoms with Crippen LogP contribution in [0.25, 0.3) is 5.57 Å². The number of nitrogens with one attached hydrogen (secondary N) is 1. The number of carbonyl (C=O) groups is 2. The summed E-state index contributed by atoms with van der Waals surface area (Å²) >= 11 is 0. The molecule has 0 aromatic heterocycles. The van der Waals surface area contributed by atoms with Crippen LogP contribution in [0.5, 0.6) is 11.5 Å². The smallest absolute Gasteiger partial charge is 0.282 e. The Bertz CT molecular complexity index is 1190. The van der Waals surface area contributed by atoms with Gasteiger partial charge in [-0.3, -0.25) is 9.59 Å². The molecule has 0 atom stereocenters. The lowest BCUT2D eigenvalue weighted by molar-refractivity contribution is -0.120. The highest BCUT2D eigenvalue weighted by atomic mass is 19.1. The van der Waals surface area contributed by atoms with Crippen molar-refractivity contribution in [2.24, 2.45) is 0 Å². The zero-order valence-corrected chi connectivity index (χ0v) is 17.6. The van der Waals surface area contributed by atoms with E-state index in [2.05, 4.69) is 5.32 Å². The minimum Gasteiger partial charge on any atom is -0.497 e. The van der Waals surface area contributed by atoms with Crippen LogP contribution < -0.4 is 19.7 Å². The van der Waals surface area contributed by atoms with Crippen molar-refractivity contribution in [3.05, 3.63) is 89.9 Å². The van der Waals surface area contributed by atoms with Crippen LogP contribution in [0.2, 0.25) is 0 Å². The van der Waals surface area contributed by atoms with Gasteiger partial charge in [0.05, 0.1) is 25.0 Å². The van der Waals surface area contributed by atoms with Gasteiger partial charge in [0.1, 0.15) is 23.0 Å². The summed E-state index contributed by atoms with van der Waals surface area (Å²) in [6, 6.07) is 19.3. The molecule has 0 saturated carbocycles. The van der Waals surface area contributed by atoms with Crippen molar-refractivity contribution in [1.82, 2.24) is 0 Å². The van der Waals surface area contributed by atoms with Crippen molar-refractivity contribution in [2.45, 2.75) is 6.92 Å². The van der Waals surface area contributed by atoms with E-state index in [9.17, 15) is 14.0 Å². The Morgan fingerprint density at radius 2 is 1.59 bits per heavy atom. The lowest BCUT2D eigenvalue weighted by Crippen LogP contribution is -2.32. The Labute approximate surface area is 184 Å². The molecule has 0 unspecified atom stereocenters. The van der Waals surface area contributed by atoms with E-state index < -0.39 is 17.6 Å². The quantitative estimate of drug-likeness (QED) is 0.552. The summed E-state index contributed by atoms with van der Waals surface area (Å²) in [4.78, 5) is 28.1. The molecule has 0 radical (unpaired) electrons. The van der Waals surface area contributed by atoms with Gasteiger partial charge in [0, 0.05) is 5.69 Å². The zero-order chi connectivity index (χ0) is 22.7. The second-order valence-electron chi connectivity index (χ2n) is 6.96. The molecular weight excluding hydrogens is 411 g/mol. The van der Waals surface area contributed by atoms with Crippen LogP contribution in [-0.2, 0) is 9.59 Å².